The Kier molecular flexibility index (Phi) is 6.64. The fourth-order valence-electron chi connectivity index (χ4n) is 2.93. The number of carboxylic acids is 1. The van der Waals surface area contributed by atoms with Gasteiger partial charge < -0.3 is 10.4 Å². The zero-order valence-electron chi connectivity index (χ0n) is 16.1. The van der Waals surface area contributed by atoms with E-state index >= 15 is 0 Å². The van der Waals surface area contributed by atoms with Gasteiger partial charge in [0.05, 0.1) is 11.9 Å². The predicted octanol–water partition coefficient (Wildman–Crippen LogP) is 4.04. The Morgan fingerprint density at radius 2 is 1.81 bits per heavy atom. The van der Waals surface area contributed by atoms with Crippen LogP contribution in [0.15, 0.2) is 65.7 Å². The molecule has 7 nitrogen and oxygen atoms in total. The Hall–Kier alpha value is -3.66. The highest BCUT2D eigenvalue weighted by atomic mass is 35.5. The van der Waals surface area contributed by atoms with E-state index in [0.717, 1.165) is 4.57 Å². The van der Waals surface area contributed by atoms with Crippen molar-refractivity contribution in [3.8, 4) is 0 Å². The van der Waals surface area contributed by atoms with Crippen LogP contribution in [-0.4, -0.2) is 26.5 Å². The molecule has 1 amide bonds. The van der Waals surface area contributed by atoms with Crippen LogP contribution in [0.5, 0.6) is 0 Å². The van der Waals surface area contributed by atoms with Crippen LogP contribution in [0.1, 0.15) is 27.7 Å². The van der Waals surface area contributed by atoms with Crippen LogP contribution in [0, 0.1) is 0 Å². The van der Waals surface area contributed by atoms with Gasteiger partial charge in [0.25, 0.3) is 5.56 Å². The van der Waals surface area contributed by atoms with E-state index in [1.165, 1.54) is 24.3 Å². The molecule has 32 heavy (non-hydrogen) atoms. The van der Waals surface area contributed by atoms with E-state index in [0.29, 0.717) is 23.0 Å². The minimum atomic E-state index is -4.81. The molecule has 0 saturated heterocycles. The summed E-state index contributed by atoms with van der Waals surface area (Å²) in [5.74, 6) is -1.86. The molecule has 0 aliphatic rings. The maximum Gasteiger partial charge on any atom is 0.433 e. The van der Waals surface area contributed by atoms with Crippen LogP contribution in [0.3, 0.4) is 0 Å². The van der Waals surface area contributed by atoms with E-state index < -0.39 is 35.3 Å². The van der Waals surface area contributed by atoms with Crippen molar-refractivity contribution in [3.63, 3.8) is 0 Å². The van der Waals surface area contributed by atoms with Crippen LogP contribution >= 0.6 is 11.6 Å². The van der Waals surface area contributed by atoms with Gasteiger partial charge in [-0.25, -0.2) is 9.78 Å². The van der Waals surface area contributed by atoms with E-state index in [1.54, 1.807) is 24.3 Å². The number of nitrogens with zero attached hydrogens (tertiary/aromatic N) is 2. The van der Waals surface area contributed by atoms with Crippen LogP contribution in [0.25, 0.3) is 0 Å². The second-order valence-corrected chi connectivity index (χ2v) is 7.18. The zero-order chi connectivity index (χ0) is 23.5. The number of hydrogen-bond acceptors (Lipinski definition) is 4. The number of amides is 1. The molecule has 1 unspecified atom stereocenters. The Morgan fingerprint density at radius 3 is 2.38 bits per heavy atom. The van der Waals surface area contributed by atoms with E-state index in [4.69, 9.17) is 16.7 Å². The maximum atomic E-state index is 13.0. The topological polar surface area (TPSA) is 101 Å². The summed E-state index contributed by atoms with van der Waals surface area (Å²) in [5, 5.41) is 11.9. The summed E-state index contributed by atoms with van der Waals surface area (Å²) in [4.78, 5) is 39.6. The molecule has 11 heteroatoms. The summed E-state index contributed by atoms with van der Waals surface area (Å²) in [5.41, 5.74) is -1.63. The van der Waals surface area contributed by atoms with Gasteiger partial charge in [-0.1, -0.05) is 23.7 Å². The molecule has 0 saturated carbocycles. The highest BCUT2D eigenvalue weighted by molar-refractivity contribution is 6.30. The lowest BCUT2D eigenvalue weighted by Gasteiger charge is -2.20. The normalized spacial score (nSPS) is 12.2. The Balaban J connectivity index is 1.96. The number of aromatic nitrogens is 2. The minimum Gasteiger partial charge on any atom is -0.478 e. The maximum absolute atomic E-state index is 13.0. The second-order valence-electron chi connectivity index (χ2n) is 6.74. The number of alkyl halides is 3. The van der Waals surface area contributed by atoms with Crippen LogP contribution < -0.4 is 10.9 Å². The third-order valence-electron chi connectivity index (χ3n) is 4.48. The molecular formula is C21H15ClF3N3O4. The van der Waals surface area contributed by atoms with Gasteiger partial charge in [-0.2, -0.15) is 13.2 Å². The monoisotopic (exact) mass is 465 g/mol. The lowest BCUT2D eigenvalue weighted by atomic mass is 10.0. The van der Waals surface area contributed by atoms with Gasteiger partial charge in [-0.05, 0) is 42.0 Å². The number of carbonyl (C=O) groups excluding carboxylic acids is 1. The standard InChI is InChI=1S/C21H15ClF3N3O4/c22-14-3-1-2-12(8-14)9-16(28-11-26-17(10-18(28)29)21(23,24)25)19(30)27-15-6-4-13(5-7-15)20(31)32/h1-8,10-11,16H,9H2,(H,27,30)(H,31,32). The van der Waals surface area contributed by atoms with Crippen molar-refractivity contribution in [2.24, 2.45) is 0 Å². The number of halogens is 4. The van der Waals surface area contributed by atoms with E-state index in [-0.39, 0.29) is 17.7 Å². The molecule has 0 spiro atoms. The molecule has 0 bridgehead atoms. The molecule has 0 aliphatic carbocycles. The van der Waals surface area contributed by atoms with Crippen molar-refractivity contribution < 1.29 is 27.9 Å². The van der Waals surface area contributed by atoms with Crippen molar-refractivity contribution in [1.82, 2.24) is 9.55 Å². The van der Waals surface area contributed by atoms with Crippen LogP contribution in [0.2, 0.25) is 5.02 Å². The number of carboxylic acid groups (broad SMARTS) is 1. The van der Waals surface area contributed by atoms with Crippen molar-refractivity contribution in [2.75, 3.05) is 5.32 Å². The summed E-state index contributed by atoms with van der Waals surface area (Å²) in [6, 6.07) is 10.8. The molecular weight excluding hydrogens is 451 g/mol. The quantitative estimate of drug-likeness (QED) is 0.572. The molecule has 166 valence electrons. The summed E-state index contributed by atoms with van der Waals surface area (Å²) < 4.78 is 39.4. The van der Waals surface area contributed by atoms with Gasteiger partial charge in [0, 0.05) is 23.2 Å². The highest BCUT2D eigenvalue weighted by Crippen LogP contribution is 2.26. The minimum absolute atomic E-state index is 0.00151. The molecule has 3 rings (SSSR count). The molecule has 0 fully saturated rings. The molecule has 2 N–H and O–H groups in total. The fourth-order valence-corrected chi connectivity index (χ4v) is 3.14. The van der Waals surface area contributed by atoms with Gasteiger partial charge in [0.15, 0.2) is 5.69 Å². The van der Waals surface area contributed by atoms with Crippen molar-refractivity contribution >= 4 is 29.2 Å². The lowest BCUT2D eigenvalue weighted by Crippen LogP contribution is -2.35. The summed E-state index contributed by atoms with van der Waals surface area (Å²) in [6.07, 6.45) is -4.20. The first kappa shape index (κ1) is 23.0. The zero-order valence-corrected chi connectivity index (χ0v) is 16.9. The first-order valence-corrected chi connectivity index (χ1v) is 9.46. The molecule has 1 aromatic heterocycles. The van der Waals surface area contributed by atoms with Gasteiger partial charge in [-0.15, -0.1) is 0 Å². The molecule has 3 aromatic rings. The number of rotatable bonds is 6. The fraction of sp³-hybridized carbons (Fsp3) is 0.143. The Bertz CT molecular complexity index is 1210. The summed E-state index contributed by atoms with van der Waals surface area (Å²) in [7, 11) is 0. The smallest absolute Gasteiger partial charge is 0.433 e. The van der Waals surface area contributed by atoms with Gasteiger partial charge in [0.2, 0.25) is 5.91 Å². The number of benzene rings is 2. The predicted molar refractivity (Wildman–Crippen MR) is 110 cm³/mol. The van der Waals surface area contributed by atoms with Crippen LogP contribution in [-0.2, 0) is 17.4 Å². The van der Waals surface area contributed by atoms with E-state index in [1.807, 2.05) is 0 Å². The average molecular weight is 466 g/mol. The summed E-state index contributed by atoms with van der Waals surface area (Å²) in [6.45, 7) is 0. The SMILES string of the molecule is O=C(O)c1ccc(NC(=O)C(Cc2cccc(Cl)c2)n2cnc(C(F)(F)F)cc2=O)cc1. The first-order chi connectivity index (χ1) is 15.0. The molecule has 2 aromatic carbocycles. The second kappa shape index (κ2) is 9.23. The molecule has 0 aliphatic heterocycles. The molecule has 1 heterocycles. The van der Waals surface area contributed by atoms with Gasteiger partial charge in [0.1, 0.15) is 6.04 Å². The van der Waals surface area contributed by atoms with Gasteiger partial charge >= 0.3 is 12.1 Å². The largest absolute Gasteiger partial charge is 0.478 e. The highest BCUT2D eigenvalue weighted by Gasteiger charge is 2.34. The number of nitrogens with one attached hydrogen (secondary N) is 1. The van der Waals surface area contributed by atoms with Crippen LogP contribution in [0.4, 0.5) is 18.9 Å². The summed E-state index contributed by atoms with van der Waals surface area (Å²) >= 11 is 5.97. The van der Waals surface area contributed by atoms with Crippen molar-refractivity contribution in [2.45, 2.75) is 18.6 Å². The first-order valence-electron chi connectivity index (χ1n) is 9.08. The number of hydrogen-bond donors (Lipinski definition) is 2. The number of carbonyl (C=O) groups is 2. The van der Waals surface area contributed by atoms with E-state index in [2.05, 4.69) is 10.3 Å². The van der Waals surface area contributed by atoms with Gasteiger partial charge in [-0.3, -0.25) is 14.2 Å². The molecule has 0 radical (unpaired) electrons. The Morgan fingerprint density at radius 1 is 1.12 bits per heavy atom. The average Bonchev–Trinajstić information content (AvgIpc) is 2.72. The van der Waals surface area contributed by atoms with E-state index in [9.17, 15) is 27.6 Å². The lowest BCUT2D eigenvalue weighted by molar-refractivity contribution is -0.141. The third kappa shape index (κ3) is 5.52. The molecule has 1 atom stereocenters. The Labute approximate surface area is 184 Å². The van der Waals surface area contributed by atoms with Crippen molar-refractivity contribution in [1.29, 1.82) is 0 Å². The number of anilines is 1. The number of aromatic carboxylic acids is 1. The third-order valence-corrected chi connectivity index (χ3v) is 4.72. The van der Waals surface area contributed by atoms with Crippen molar-refractivity contribution in [3.05, 3.63) is 93.1 Å².